The van der Waals surface area contributed by atoms with Crippen LogP contribution in [0.1, 0.15) is 32.3 Å². The van der Waals surface area contributed by atoms with Crippen molar-refractivity contribution in [3.05, 3.63) is 28.9 Å². The predicted molar refractivity (Wildman–Crippen MR) is 88.0 cm³/mol. The molecule has 2 fully saturated rings. The van der Waals surface area contributed by atoms with Gasteiger partial charge in [0.1, 0.15) is 0 Å². The SMILES string of the molecule is CC(C)C(=O)NC1[C@H]2CC(O)(c3cc(Cl)cc4[nH]ncc34)C[C@@H]12. The first kappa shape index (κ1) is 15.0. The van der Waals surface area contributed by atoms with Crippen LogP contribution in [0.3, 0.4) is 0 Å². The second-order valence-corrected chi connectivity index (χ2v) is 7.68. The van der Waals surface area contributed by atoms with Crippen LogP contribution in [-0.4, -0.2) is 27.3 Å². The van der Waals surface area contributed by atoms with Gasteiger partial charge >= 0.3 is 0 Å². The number of H-pyrrole nitrogens is 1. The fourth-order valence-corrected chi connectivity index (χ4v) is 4.25. The Kier molecular flexibility index (Phi) is 3.22. The molecule has 122 valence electrons. The summed E-state index contributed by atoms with van der Waals surface area (Å²) >= 11 is 6.19. The minimum Gasteiger partial charge on any atom is -0.385 e. The molecule has 2 aliphatic rings. The van der Waals surface area contributed by atoms with Gasteiger partial charge in [0.05, 0.1) is 17.3 Å². The van der Waals surface area contributed by atoms with Gasteiger partial charge in [-0.25, -0.2) is 0 Å². The number of amides is 1. The van der Waals surface area contributed by atoms with Gasteiger partial charge in [0.25, 0.3) is 0 Å². The summed E-state index contributed by atoms with van der Waals surface area (Å²) in [6, 6.07) is 3.87. The molecule has 1 aromatic heterocycles. The van der Waals surface area contributed by atoms with Crippen molar-refractivity contribution >= 4 is 28.4 Å². The van der Waals surface area contributed by atoms with E-state index in [4.69, 9.17) is 11.6 Å². The lowest BCUT2D eigenvalue weighted by Crippen LogP contribution is -2.35. The molecule has 0 radical (unpaired) electrons. The van der Waals surface area contributed by atoms with Gasteiger partial charge < -0.3 is 10.4 Å². The normalized spacial score (nSPS) is 32.3. The molecule has 2 aliphatic carbocycles. The molecular formula is C17H20ClN3O2. The summed E-state index contributed by atoms with van der Waals surface area (Å²) in [4.78, 5) is 11.8. The molecule has 0 bridgehead atoms. The van der Waals surface area contributed by atoms with Crippen molar-refractivity contribution in [2.75, 3.05) is 0 Å². The number of benzene rings is 1. The second-order valence-electron chi connectivity index (χ2n) is 7.24. The van der Waals surface area contributed by atoms with E-state index >= 15 is 0 Å². The van der Waals surface area contributed by atoms with Gasteiger partial charge in [-0.05, 0) is 42.4 Å². The molecule has 0 aliphatic heterocycles. The largest absolute Gasteiger partial charge is 0.385 e. The van der Waals surface area contributed by atoms with E-state index in [1.807, 2.05) is 26.0 Å². The van der Waals surface area contributed by atoms with E-state index in [0.717, 1.165) is 16.5 Å². The van der Waals surface area contributed by atoms with Crippen LogP contribution in [0.15, 0.2) is 18.3 Å². The molecule has 4 rings (SSSR count). The van der Waals surface area contributed by atoms with Crippen molar-refractivity contribution in [1.29, 1.82) is 0 Å². The zero-order valence-corrected chi connectivity index (χ0v) is 13.9. The zero-order chi connectivity index (χ0) is 16.4. The molecule has 6 heteroatoms. The summed E-state index contributed by atoms with van der Waals surface area (Å²) in [6.45, 7) is 3.79. The Morgan fingerprint density at radius 2 is 2.13 bits per heavy atom. The minimum absolute atomic E-state index is 0.00584. The van der Waals surface area contributed by atoms with Gasteiger partial charge in [0.2, 0.25) is 5.91 Å². The molecule has 1 aromatic carbocycles. The number of nitrogens with one attached hydrogen (secondary N) is 2. The molecule has 0 spiro atoms. The lowest BCUT2D eigenvalue weighted by Gasteiger charge is -2.27. The number of carbonyl (C=O) groups is 1. The number of hydrogen-bond acceptors (Lipinski definition) is 3. The molecule has 4 atom stereocenters. The number of aromatic nitrogens is 2. The average molecular weight is 334 g/mol. The van der Waals surface area contributed by atoms with E-state index in [2.05, 4.69) is 15.5 Å². The van der Waals surface area contributed by atoms with Crippen LogP contribution in [0.5, 0.6) is 0 Å². The van der Waals surface area contributed by atoms with Crippen molar-refractivity contribution in [1.82, 2.24) is 15.5 Å². The number of aliphatic hydroxyl groups is 1. The Labute approximate surface area is 139 Å². The van der Waals surface area contributed by atoms with Crippen LogP contribution < -0.4 is 5.32 Å². The zero-order valence-electron chi connectivity index (χ0n) is 13.1. The van der Waals surface area contributed by atoms with E-state index in [0.29, 0.717) is 29.7 Å². The number of fused-ring (bicyclic) bond motifs is 2. The van der Waals surface area contributed by atoms with Gasteiger partial charge in [-0.2, -0.15) is 5.10 Å². The first-order valence-electron chi connectivity index (χ1n) is 8.05. The summed E-state index contributed by atoms with van der Waals surface area (Å²) in [5.41, 5.74) is 0.794. The summed E-state index contributed by atoms with van der Waals surface area (Å²) in [7, 11) is 0. The Balaban J connectivity index is 1.56. The number of hydrogen-bond donors (Lipinski definition) is 3. The third-order valence-electron chi connectivity index (χ3n) is 5.34. The van der Waals surface area contributed by atoms with E-state index in [9.17, 15) is 9.90 Å². The Morgan fingerprint density at radius 3 is 2.78 bits per heavy atom. The number of rotatable bonds is 3. The molecular weight excluding hydrogens is 314 g/mol. The van der Waals surface area contributed by atoms with Crippen molar-refractivity contribution in [3.63, 3.8) is 0 Å². The van der Waals surface area contributed by atoms with Crippen molar-refractivity contribution < 1.29 is 9.90 Å². The van der Waals surface area contributed by atoms with E-state index < -0.39 is 5.60 Å². The first-order valence-corrected chi connectivity index (χ1v) is 8.43. The maximum Gasteiger partial charge on any atom is 0.222 e. The lowest BCUT2D eigenvalue weighted by atomic mass is 9.86. The minimum atomic E-state index is -0.887. The van der Waals surface area contributed by atoms with E-state index in [1.165, 1.54) is 0 Å². The van der Waals surface area contributed by atoms with Gasteiger partial charge in [0.15, 0.2) is 0 Å². The van der Waals surface area contributed by atoms with E-state index in [-0.39, 0.29) is 17.9 Å². The average Bonchev–Trinajstić information content (AvgIpc) is 2.88. The van der Waals surface area contributed by atoms with Gasteiger partial charge in [-0.1, -0.05) is 25.4 Å². The second kappa shape index (κ2) is 4.95. The quantitative estimate of drug-likeness (QED) is 0.808. The summed E-state index contributed by atoms with van der Waals surface area (Å²) < 4.78 is 0. The summed E-state index contributed by atoms with van der Waals surface area (Å²) in [5.74, 6) is 0.786. The van der Waals surface area contributed by atoms with Crippen LogP contribution >= 0.6 is 11.6 Å². The fourth-order valence-electron chi connectivity index (χ4n) is 4.03. The van der Waals surface area contributed by atoms with Crippen molar-refractivity contribution in [2.45, 2.75) is 38.3 Å². The maximum absolute atomic E-state index is 11.8. The molecule has 1 amide bonds. The number of aromatic amines is 1. The van der Waals surface area contributed by atoms with Gasteiger partial charge in [0, 0.05) is 22.4 Å². The maximum atomic E-state index is 11.8. The van der Waals surface area contributed by atoms with E-state index in [1.54, 1.807) is 6.20 Å². The molecule has 2 unspecified atom stereocenters. The summed E-state index contributed by atoms with van der Waals surface area (Å²) in [5, 5.41) is 22.7. The highest BCUT2D eigenvalue weighted by Crippen LogP contribution is 2.60. The molecule has 0 saturated heterocycles. The van der Waals surface area contributed by atoms with Crippen LogP contribution in [0.4, 0.5) is 0 Å². The third-order valence-corrected chi connectivity index (χ3v) is 5.55. The number of nitrogens with zero attached hydrogens (tertiary/aromatic N) is 1. The molecule has 2 aromatic rings. The first-order chi connectivity index (χ1) is 10.9. The monoisotopic (exact) mass is 333 g/mol. The Hall–Kier alpha value is -1.59. The van der Waals surface area contributed by atoms with Crippen LogP contribution in [0.25, 0.3) is 10.9 Å². The van der Waals surface area contributed by atoms with Crippen LogP contribution in [0, 0.1) is 17.8 Å². The van der Waals surface area contributed by atoms with Crippen molar-refractivity contribution in [2.24, 2.45) is 17.8 Å². The van der Waals surface area contributed by atoms with Crippen LogP contribution in [-0.2, 0) is 10.4 Å². The third kappa shape index (κ3) is 2.34. The summed E-state index contributed by atoms with van der Waals surface area (Å²) in [6.07, 6.45) is 3.05. The number of carbonyl (C=O) groups excluding carboxylic acids is 1. The lowest BCUT2D eigenvalue weighted by molar-refractivity contribution is -0.124. The topological polar surface area (TPSA) is 78.0 Å². The predicted octanol–water partition coefficient (Wildman–Crippen LogP) is 2.58. The van der Waals surface area contributed by atoms with Crippen molar-refractivity contribution in [3.8, 4) is 0 Å². The molecule has 23 heavy (non-hydrogen) atoms. The highest BCUT2D eigenvalue weighted by molar-refractivity contribution is 6.31. The fraction of sp³-hybridized carbons (Fsp3) is 0.529. The van der Waals surface area contributed by atoms with Gasteiger partial charge in [-0.3, -0.25) is 9.89 Å². The molecule has 3 N–H and O–H groups in total. The standard InChI is InChI=1S/C17H20ClN3O2/c1-8(2)16(22)20-15-10-5-17(23,6-11(10)15)13-3-9(18)4-14-12(13)7-19-21-14/h3-4,7-8,10-11,15,23H,5-6H2,1-2H3,(H,19,21)(H,20,22)/t10-,11+,15?,17?. The van der Waals surface area contributed by atoms with Crippen LogP contribution in [0.2, 0.25) is 5.02 Å². The molecule has 1 heterocycles. The molecule has 2 saturated carbocycles. The Morgan fingerprint density at radius 1 is 1.43 bits per heavy atom. The smallest absolute Gasteiger partial charge is 0.222 e. The Bertz CT molecular complexity index is 773. The highest BCUT2D eigenvalue weighted by atomic mass is 35.5. The molecule has 5 nitrogen and oxygen atoms in total. The number of halogens is 1. The highest BCUT2D eigenvalue weighted by Gasteiger charge is 2.62. The van der Waals surface area contributed by atoms with Gasteiger partial charge in [-0.15, -0.1) is 0 Å².